The zero-order chi connectivity index (χ0) is 21.5. The number of alkyl halides is 1. The Hall–Kier alpha value is -3.81. The summed E-state index contributed by atoms with van der Waals surface area (Å²) in [5.74, 6) is 0.828. The fourth-order valence-electron chi connectivity index (χ4n) is 3.48. The van der Waals surface area contributed by atoms with Crippen molar-refractivity contribution >= 4 is 11.6 Å². The lowest BCUT2D eigenvalue weighted by Crippen LogP contribution is -2.16. The van der Waals surface area contributed by atoms with Gasteiger partial charge in [-0.25, -0.2) is 9.37 Å². The third-order valence-corrected chi connectivity index (χ3v) is 5.47. The minimum atomic E-state index is -0.902. The minimum Gasteiger partial charge on any atom is -0.339 e. The van der Waals surface area contributed by atoms with E-state index >= 15 is 0 Å². The zero-order valence-corrected chi connectivity index (χ0v) is 17.0. The van der Waals surface area contributed by atoms with Crippen molar-refractivity contribution in [2.24, 2.45) is 7.05 Å². The van der Waals surface area contributed by atoms with Gasteiger partial charge in [0, 0.05) is 23.9 Å². The highest BCUT2D eigenvalue weighted by Crippen LogP contribution is 2.43. The van der Waals surface area contributed by atoms with Gasteiger partial charge in [-0.15, -0.1) is 0 Å². The van der Waals surface area contributed by atoms with Crippen LogP contribution < -0.4 is 5.32 Å². The standard InChI is InChI=1S/C23H20FN5O2/c1-13-8-9-15(20-27-23(31-28-20)16-11-17(16)24)10-18(13)26-22(30)19-12-25-21(29(19)2)14-6-4-3-5-7-14/h3-10,12,16-17H,11H2,1-2H3,(H,26,30)/t16-,17-/m0/s1. The summed E-state index contributed by atoms with van der Waals surface area (Å²) in [6, 6.07) is 15.2. The molecule has 2 aromatic carbocycles. The number of amides is 1. The van der Waals surface area contributed by atoms with Crippen LogP contribution in [0.15, 0.2) is 59.3 Å². The number of benzene rings is 2. The van der Waals surface area contributed by atoms with Gasteiger partial charge in [0.2, 0.25) is 11.7 Å². The molecular formula is C23H20FN5O2. The molecule has 1 saturated carbocycles. The Labute approximate surface area is 177 Å². The molecule has 0 radical (unpaired) electrons. The topological polar surface area (TPSA) is 85.8 Å². The van der Waals surface area contributed by atoms with E-state index in [9.17, 15) is 9.18 Å². The Kier molecular flexibility index (Phi) is 4.62. The first-order valence-electron chi connectivity index (χ1n) is 9.98. The Morgan fingerprint density at radius 2 is 1.97 bits per heavy atom. The van der Waals surface area contributed by atoms with Crippen LogP contribution in [-0.4, -0.2) is 31.8 Å². The number of hydrogen-bond donors (Lipinski definition) is 1. The highest BCUT2D eigenvalue weighted by atomic mass is 19.1. The van der Waals surface area contributed by atoms with E-state index in [0.29, 0.717) is 40.9 Å². The van der Waals surface area contributed by atoms with Crippen LogP contribution in [-0.2, 0) is 7.05 Å². The average Bonchev–Trinajstić information content (AvgIpc) is 3.15. The Morgan fingerprint density at radius 3 is 2.71 bits per heavy atom. The van der Waals surface area contributed by atoms with E-state index in [1.165, 1.54) is 0 Å². The molecule has 2 aromatic heterocycles. The molecule has 2 heterocycles. The summed E-state index contributed by atoms with van der Waals surface area (Å²) >= 11 is 0. The van der Waals surface area contributed by atoms with E-state index < -0.39 is 6.17 Å². The summed E-state index contributed by atoms with van der Waals surface area (Å²) in [5, 5.41) is 6.91. The molecule has 1 aliphatic rings. The molecule has 1 amide bonds. The number of carbonyl (C=O) groups excluding carboxylic acids is 1. The first-order chi connectivity index (χ1) is 15.0. The van der Waals surface area contributed by atoms with Crippen molar-refractivity contribution in [3.05, 3.63) is 71.9 Å². The molecule has 8 heteroatoms. The van der Waals surface area contributed by atoms with Gasteiger partial charge in [-0.3, -0.25) is 4.79 Å². The molecule has 7 nitrogen and oxygen atoms in total. The Balaban J connectivity index is 1.39. The predicted molar refractivity (Wildman–Crippen MR) is 113 cm³/mol. The van der Waals surface area contributed by atoms with Crippen molar-refractivity contribution in [3.8, 4) is 22.8 Å². The average molecular weight is 417 g/mol. The smallest absolute Gasteiger partial charge is 0.273 e. The van der Waals surface area contributed by atoms with Crippen LogP contribution >= 0.6 is 0 Å². The van der Waals surface area contributed by atoms with Crippen molar-refractivity contribution < 1.29 is 13.7 Å². The molecule has 0 unspecified atom stereocenters. The normalized spacial score (nSPS) is 17.5. The summed E-state index contributed by atoms with van der Waals surface area (Å²) in [6.07, 6.45) is 1.08. The summed E-state index contributed by atoms with van der Waals surface area (Å²) in [7, 11) is 1.81. The van der Waals surface area contributed by atoms with E-state index in [0.717, 1.165) is 11.1 Å². The molecular weight excluding hydrogens is 397 g/mol. The van der Waals surface area contributed by atoms with Crippen molar-refractivity contribution in [2.45, 2.75) is 25.4 Å². The molecule has 0 bridgehead atoms. The number of halogens is 1. The molecule has 1 fully saturated rings. The largest absolute Gasteiger partial charge is 0.339 e. The lowest BCUT2D eigenvalue weighted by atomic mass is 10.1. The fourth-order valence-corrected chi connectivity index (χ4v) is 3.48. The quantitative estimate of drug-likeness (QED) is 0.516. The second-order valence-corrected chi connectivity index (χ2v) is 7.69. The molecule has 4 aromatic rings. The van der Waals surface area contributed by atoms with Gasteiger partial charge in [0.25, 0.3) is 5.91 Å². The maximum atomic E-state index is 13.3. The second-order valence-electron chi connectivity index (χ2n) is 7.69. The number of nitrogens with one attached hydrogen (secondary N) is 1. The molecule has 156 valence electrons. The van der Waals surface area contributed by atoms with E-state index in [1.54, 1.807) is 16.8 Å². The zero-order valence-electron chi connectivity index (χ0n) is 17.0. The van der Waals surface area contributed by atoms with Gasteiger partial charge in [0.05, 0.1) is 12.1 Å². The third kappa shape index (κ3) is 3.61. The number of imidazole rings is 1. The van der Waals surface area contributed by atoms with E-state index in [2.05, 4.69) is 20.4 Å². The van der Waals surface area contributed by atoms with Crippen LogP contribution in [0.3, 0.4) is 0 Å². The fraction of sp³-hybridized carbons (Fsp3) is 0.217. The van der Waals surface area contributed by atoms with Crippen molar-refractivity contribution in [3.63, 3.8) is 0 Å². The molecule has 5 rings (SSSR count). The summed E-state index contributed by atoms with van der Waals surface area (Å²) in [6.45, 7) is 1.90. The van der Waals surface area contributed by atoms with Gasteiger partial charge in [0.1, 0.15) is 17.7 Å². The first-order valence-corrected chi connectivity index (χ1v) is 9.98. The molecule has 31 heavy (non-hydrogen) atoms. The summed E-state index contributed by atoms with van der Waals surface area (Å²) in [5.41, 5.74) is 3.57. The van der Waals surface area contributed by atoms with Crippen LogP contribution in [0.2, 0.25) is 0 Å². The van der Waals surface area contributed by atoms with Crippen molar-refractivity contribution in [1.29, 1.82) is 0 Å². The van der Waals surface area contributed by atoms with Crippen LogP contribution in [0.4, 0.5) is 10.1 Å². The van der Waals surface area contributed by atoms with Crippen LogP contribution in [0.25, 0.3) is 22.8 Å². The molecule has 0 saturated heterocycles. The molecule has 1 N–H and O–H groups in total. The predicted octanol–water partition coefficient (Wildman–Crippen LogP) is 4.52. The lowest BCUT2D eigenvalue weighted by molar-refractivity contribution is 0.101. The monoisotopic (exact) mass is 417 g/mol. The van der Waals surface area contributed by atoms with Crippen LogP contribution in [0.1, 0.15) is 34.3 Å². The third-order valence-electron chi connectivity index (χ3n) is 5.47. The van der Waals surface area contributed by atoms with E-state index in [4.69, 9.17) is 4.52 Å². The van der Waals surface area contributed by atoms with E-state index in [-0.39, 0.29) is 11.8 Å². The van der Waals surface area contributed by atoms with Crippen molar-refractivity contribution in [2.75, 3.05) is 5.32 Å². The van der Waals surface area contributed by atoms with Gasteiger partial charge in [-0.05, 0) is 25.0 Å². The SMILES string of the molecule is Cc1ccc(-c2noc([C@H]3C[C@@H]3F)n2)cc1NC(=O)c1cnc(-c2ccccc2)n1C. The molecule has 0 spiro atoms. The van der Waals surface area contributed by atoms with Gasteiger partial charge < -0.3 is 14.4 Å². The van der Waals surface area contributed by atoms with Gasteiger partial charge in [0.15, 0.2) is 0 Å². The molecule has 2 atom stereocenters. The maximum Gasteiger partial charge on any atom is 0.273 e. The number of aryl methyl sites for hydroxylation is 1. The van der Waals surface area contributed by atoms with Crippen molar-refractivity contribution in [1.82, 2.24) is 19.7 Å². The number of carbonyl (C=O) groups is 1. The number of anilines is 1. The minimum absolute atomic E-state index is 0.274. The molecule has 1 aliphatic carbocycles. The summed E-state index contributed by atoms with van der Waals surface area (Å²) < 4.78 is 20.2. The Morgan fingerprint density at radius 1 is 1.19 bits per heavy atom. The summed E-state index contributed by atoms with van der Waals surface area (Å²) in [4.78, 5) is 21.7. The first kappa shape index (κ1) is 19.2. The Bertz CT molecular complexity index is 1260. The van der Waals surface area contributed by atoms with E-state index in [1.807, 2.05) is 56.4 Å². The highest BCUT2D eigenvalue weighted by Gasteiger charge is 2.43. The lowest BCUT2D eigenvalue weighted by Gasteiger charge is -2.10. The van der Waals surface area contributed by atoms with Gasteiger partial charge >= 0.3 is 0 Å². The maximum absolute atomic E-state index is 13.3. The van der Waals surface area contributed by atoms with Crippen LogP contribution in [0.5, 0.6) is 0 Å². The molecule has 0 aliphatic heterocycles. The second kappa shape index (κ2) is 7.46. The number of hydrogen-bond acceptors (Lipinski definition) is 5. The van der Waals surface area contributed by atoms with Crippen LogP contribution in [0, 0.1) is 6.92 Å². The number of nitrogens with zero attached hydrogens (tertiary/aromatic N) is 4. The number of aromatic nitrogens is 4. The van der Waals surface area contributed by atoms with Gasteiger partial charge in [-0.2, -0.15) is 4.98 Å². The highest BCUT2D eigenvalue weighted by molar-refractivity contribution is 6.04. The number of rotatable bonds is 5. The van der Waals surface area contributed by atoms with Gasteiger partial charge in [-0.1, -0.05) is 47.6 Å².